The number of pyridine rings is 1. The summed E-state index contributed by atoms with van der Waals surface area (Å²) in [5.41, 5.74) is 1.52. The van der Waals surface area contributed by atoms with E-state index in [2.05, 4.69) is 15.0 Å². The predicted octanol–water partition coefficient (Wildman–Crippen LogP) is 4.36. The number of halogens is 2. The molecule has 39 heavy (non-hydrogen) atoms. The summed E-state index contributed by atoms with van der Waals surface area (Å²) in [6.07, 6.45) is 3.89. The summed E-state index contributed by atoms with van der Waals surface area (Å²) in [7, 11) is 0. The van der Waals surface area contributed by atoms with Crippen molar-refractivity contribution in [1.82, 2.24) is 24.2 Å². The van der Waals surface area contributed by atoms with Crippen molar-refractivity contribution < 1.29 is 9.59 Å². The Bertz CT molecular complexity index is 1510. The molecular weight excluding hydrogens is 539 g/mol. The Labute approximate surface area is 235 Å². The number of aryl methyl sites for hydroxylation is 1. The summed E-state index contributed by atoms with van der Waals surface area (Å²) in [6.45, 7) is 2.79. The van der Waals surface area contributed by atoms with Gasteiger partial charge in [-0.25, -0.2) is 19.0 Å². The van der Waals surface area contributed by atoms with Crippen LogP contribution in [0.3, 0.4) is 0 Å². The van der Waals surface area contributed by atoms with Crippen molar-refractivity contribution in [3.8, 4) is 5.69 Å². The van der Waals surface area contributed by atoms with Gasteiger partial charge >= 0.3 is 5.69 Å². The second kappa shape index (κ2) is 11.8. The van der Waals surface area contributed by atoms with E-state index >= 15 is 0 Å². The minimum absolute atomic E-state index is 0.00545. The van der Waals surface area contributed by atoms with Crippen LogP contribution in [-0.2, 0) is 6.54 Å². The van der Waals surface area contributed by atoms with Gasteiger partial charge in [0.05, 0.1) is 11.9 Å². The third-order valence-corrected chi connectivity index (χ3v) is 7.17. The number of anilines is 1. The lowest BCUT2D eigenvalue weighted by atomic mass is 10.1. The predicted molar refractivity (Wildman–Crippen MR) is 150 cm³/mol. The first kappa shape index (κ1) is 26.6. The van der Waals surface area contributed by atoms with Crippen LogP contribution in [0.25, 0.3) is 5.69 Å². The summed E-state index contributed by atoms with van der Waals surface area (Å²) in [5, 5.41) is 5.37. The van der Waals surface area contributed by atoms with Gasteiger partial charge in [0.2, 0.25) is 0 Å². The van der Waals surface area contributed by atoms with E-state index in [0.717, 1.165) is 5.82 Å². The molecule has 11 heteroatoms. The van der Waals surface area contributed by atoms with Gasteiger partial charge in [0.25, 0.3) is 5.91 Å². The highest BCUT2D eigenvalue weighted by Crippen LogP contribution is 2.18. The van der Waals surface area contributed by atoms with Crippen LogP contribution in [0, 0.1) is 0 Å². The van der Waals surface area contributed by atoms with E-state index < -0.39 is 0 Å². The Kier molecular flexibility index (Phi) is 8.09. The van der Waals surface area contributed by atoms with Gasteiger partial charge in [0, 0.05) is 60.3 Å². The van der Waals surface area contributed by atoms with E-state index in [1.54, 1.807) is 54.7 Å². The molecule has 1 aliphatic rings. The van der Waals surface area contributed by atoms with Crippen LogP contribution in [0.2, 0.25) is 10.0 Å². The van der Waals surface area contributed by atoms with E-state index in [1.165, 1.54) is 15.6 Å². The first-order valence-electron chi connectivity index (χ1n) is 12.6. The fraction of sp³-hybridized carbons (Fsp3) is 0.250. The largest absolute Gasteiger partial charge is 0.353 e. The Hall–Kier alpha value is -3.95. The number of Topliss-reactive ketones (excluding diaryl/α,β-unsaturated/α-hetero) is 1. The Morgan fingerprint density at radius 2 is 1.46 bits per heavy atom. The van der Waals surface area contributed by atoms with Crippen molar-refractivity contribution in [2.24, 2.45) is 0 Å². The number of rotatable bonds is 8. The van der Waals surface area contributed by atoms with Crippen molar-refractivity contribution in [2.75, 3.05) is 31.1 Å². The molecule has 0 N–H and O–H groups in total. The number of carbonyl (C=O) groups excluding carboxylic acids is 2. The van der Waals surface area contributed by atoms with E-state index in [-0.39, 0.29) is 17.4 Å². The topological polar surface area (TPSA) is 93.3 Å². The molecule has 3 heterocycles. The zero-order chi connectivity index (χ0) is 27.4. The summed E-state index contributed by atoms with van der Waals surface area (Å²) in [5.74, 6) is 0.757. The lowest BCUT2D eigenvalue weighted by Crippen LogP contribution is -2.49. The molecular formula is C28H26Cl2N6O3. The number of nitrogens with zero attached hydrogens (tertiary/aromatic N) is 6. The zero-order valence-corrected chi connectivity index (χ0v) is 22.6. The maximum Gasteiger partial charge on any atom is 0.350 e. The zero-order valence-electron chi connectivity index (χ0n) is 21.0. The fourth-order valence-corrected chi connectivity index (χ4v) is 4.71. The average molecular weight is 565 g/mol. The highest BCUT2D eigenvalue weighted by Gasteiger charge is 2.23. The molecule has 0 atom stereocenters. The van der Waals surface area contributed by atoms with Gasteiger partial charge in [-0.3, -0.25) is 9.59 Å². The van der Waals surface area contributed by atoms with Crippen LogP contribution in [-0.4, -0.2) is 62.1 Å². The van der Waals surface area contributed by atoms with Gasteiger partial charge in [0.15, 0.2) is 5.78 Å². The number of piperazine rings is 1. The Balaban J connectivity index is 1.15. The second-order valence-electron chi connectivity index (χ2n) is 9.20. The highest BCUT2D eigenvalue weighted by atomic mass is 35.5. The molecule has 0 radical (unpaired) electrons. The summed E-state index contributed by atoms with van der Waals surface area (Å²) >= 11 is 11.8. The van der Waals surface area contributed by atoms with Gasteiger partial charge < -0.3 is 9.80 Å². The van der Waals surface area contributed by atoms with Crippen LogP contribution in [0.15, 0.2) is 78.0 Å². The van der Waals surface area contributed by atoms with Crippen molar-refractivity contribution in [1.29, 1.82) is 0 Å². The summed E-state index contributed by atoms with van der Waals surface area (Å²) in [6, 6.07) is 17.4. The maximum absolute atomic E-state index is 12.9. The molecule has 0 spiro atoms. The Morgan fingerprint density at radius 3 is 2.08 bits per heavy atom. The molecule has 1 fully saturated rings. The van der Waals surface area contributed by atoms with Crippen LogP contribution in [0.4, 0.5) is 5.82 Å². The van der Waals surface area contributed by atoms with Gasteiger partial charge in [-0.2, -0.15) is 5.10 Å². The molecule has 4 aromatic rings. The highest BCUT2D eigenvalue weighted by molar-refractivity contribution is 6.31. The lowest BCUT2D eigenvalue weighted by molar-refractivity contribution is 0.0746. The average Bonchev–Trinajstić information content (AvgIpc) is 3.33. The molecule has 1 amide bonds. The van der Waals surface area contributed by atoms with E-state index in [4.69, 9.17) is 23.2 Å². The minimum Gasteiger partial charge on any atom is -0.353 e. The van der Waals surface area contributed by atoms with Crippen LogP contribution >= 0.6 is 23.2 Å². The van der Waals surface area contributed by atoms with Gasteiger partial charge in [-0.05, 0) is 67.1 Å². The van der Waals surface area contributed by atoms with Gasteiger partial charge in [0.1, 0.15) is 12.1 Å². The normalized spacial score (nSPS) is 13.5. The molecule has 9 nitrogen and oxygen atoms in total. The maximum atomic E-state index is 12.9. The van der Waals surface area contributed by atoms with Crippen molar-refractivity contribution >= 4 is 40.7 Å². The number of benzene rings is 2. The number of carbonyl (C=O) groups is 2. The monoisotopic (exact) mass is 564 g/mol. The smallest absolute Gasteiger partial charge is 0.350 e. The molecule has 0 aliphatic carbocycles. The Morgan fingerprint density at radius 1 is 0.821 bits per heavy atom. The molecule has 1 saturated heterocycles. The van der Waals surface area contributed by atoms with Crippen molar-refractivity contribution in [2.45, 2.75) is 19.4 Å². The van der Waals surface area contributed by atoms with Crippen LogP contribution in [0.5, 0.6) is 0 Å². The lowest BCUT2D eigenvalue weighted by Gasteiger charge is -2.35. The molecule has 2 aromatic carbocycles. The van der Waals surface area contributed by atoms with E-state index in [0.29, 0.717) is 72.4 Å². The van der Waals surface area contributed by atoms with Crippen molar-refractivity contribution in [3.63, 3.8) is 0 Å². The third kappa shape index (κ3) is 6.21. The third-order valence-electron chi connectivity index (χ3n) is 6.67. The molecule has 0 saturated carbocycles. The molecule has 0 bridgehead atoms. The summed E-state index contributed by atoms with van der Waals surface area (Å²) in [4.78, 5) is 46.4. The van der Waals surface area contributed by atoms with Gasteiger partial charge in [-0.15, -0.1) is 0 Å². The number of ketones is 1. The SMILES string of the molecule is O=C(CCCn1ncn(-c2ccc(N3CCN(C(=O)c4ccc(Cl)cc4)CC3)nc2)c1=O)c1ccc(Cl)cc1. The molecule has 200 valence electrons. The second-order valence-corrected chi connectivity index (χ2v) is 10.1. The van der Waals surface area contributed by atoms with Gasteiger partial charge in [-0.1, -0.05) is 23.2 Å². The first-order chi connectivity index (χ1) is 18.9. The standard InChI is InChI=1S/C28H26Cl2N6O3/c29-22-7-3-20(4-8-22)25(37)2-1-13-36-28(39)35(19-32-36)24-11-12-26(31-18-24)33-14-16-34(17-15-33)27(38)21-5-9-23(30)10-6-21/h3-12,18-19H,1-2,13-17H2. The van der Waals surface area contributed by atoms with E-state index in [9.17, 15) is 14.4 Å². The number of amides is 1. The van der Waals surface area contributed by atoms with Crippen LogP contribution < -0.4 is 10.6 Å². The molecule has 5 rings (SSSR count). The number of hydrogen-bond acceptors (Lipinski definition) is 6. The number of hydrogen-bond donors (Lipinski definition) is 0. The number of aromatic nitrogens is 4. The first-order valence-corrected chi connectivity index (χ1v) is 13.3. The summed E-state index contributed by atoms with van der Waals surface area (Å²) < 4.78 is 2.78. The molecule has 2 aromatic heterocycles. The molecule has 0 unspecified atom stereocenters. The fourth-order valence-electron chi connectivity index (χ4n) is 4.46. The minimum atomic E-state index is -0.294. The van der Waals surface area contributed by atoms with Crippen molar-refractivity contribution in [3.05, 3.63) is 105 Å². The quantitative estimate of drug-likeness (QED) is 0.295. The molecule has 1 aliphatic heterocycles. The van der Waals surface area contributed by atoms with E-state index in [1.807, 2.05) is 17.0 Å². The van der Waals surface area contributed by atoms with Crippen LogP contribution in [0.1, 0.15) is 33.6 Å².